The molecule has 26 heavy (non-hydrogen) atoms. The van der Waals surface area contributed by atoms with Crippen LogP contribution in [-0.2, 0) is 15.5 Å². The van der Waals surface area contributed by atoms with Gasteiger partial charge in [-0.05, 0) is 30.7 Å². The van der Waals surface area contributed by atoms with Gasteiger partial charge in [0.1, 0.15) is 5.75 Å². The Labute approximate surface area is 155 Å². The van der Waals surface area contributed by atoms with E-state index in [-0.39, 0.29) is 10.3 Å². The molecule has 0 aliphatic carbocycles. The Hall–Kier alpha value is -1.89. The lowest BCUT2D eigenvalue weighted by atomic mass is 9.85. The van der Waals surface area contributed by atoms with Gasteiger partial charge in [0.2, 0.25) is 0 Å². The second kappa shape index (κ2) is 7.02. The van der Waals surface area contributed by atoms with Crippen LogP contribution in [0.3, 0.4) is 0 Å². The molecule has 2 aromatic carbocycles. The second-order valence-electron chi connectivity index (χ2n) is 7.57. The van der Waals surface area contributed by atoms with Crippen molar-refractivity contribution >= 4 is 10.1 Å². The van der Waals surface area contributed by atoms with Gasteiger partial charge in [-0.1, -0.05) is 43.7 Å². The van der Waals surface area contributed by atoms with Crippen molar-refractivity contribution in [1.82, 2.24) is 5.32 Å². The summed E-state index contributed by atoms with van der Waals surface area (Å²) in [6.07, 6.45) is 0. The Kier molecular flexibility index (Phi) is 5.10. The molecule has 6 heteroatoms. The summed E-state index contributed by atoms with van der Waals surface area (Å²) < 4.78 is 35.3. The fourth-order valence-electron chi connectivity index (χ4n) is 3.04. The van der Waals surface area contributed by atoms with Gasteiger partial charge >= 0.3 is 0 Å². The van der Waals surface area contributed by atoms with Gasteiger partial charge in [0, 0.05) is 30.0 Å². The minimum absolute atomic E-state index is 0.0666. The molecule has 0 saturated carbocycles. The average Bonchev–Trinajstić information content (AvgIpc) is 2.81. The minimum atomic E-state index is -4.02. The highest BCUT2D eigenvalue weighted by Crippen LogP contribution is 2.40. The molecule has 0 atom stereocenters. The van der Waals surface area contributed by atoms with Crippen molar-refractivity contribution in [3.8, 4) is 5.75 Å². The summed E-state index contributed by atoms with van der Waals surface area (Å²) in [7, 11) is -4.02. The molecule has 1 fully saturated rings. The summed E-state index contributed by atoms with van der Waals surface area (Å²) in [6.45, 7) is 9.36. The first kappa shape index (κ1) is 18.9. The molecule has 0 radical (unpaired) electrons. The van der Waals surface area contributed by atoms with E-state index in [2.05, 4.69) is 37.4 Å². The van der Waals surface area contributed by atoms with Crippen LogP contribution >= 0.6 is 0 Å². The zero-order chi connectivity index (χ0) is 18.9. The van der Waals surface area contributed by atoms with Crippen molar-refractivity contribution in [3.05, 3.63) is 59.2 Å². The molecule has 4 rings (SSSR count). The molecule has 140 valence electrons. The summed E-state index contributed by atoms with van der Waals surface area (Å²) in [5.41, 5.74) is 3.92. The SMILES string of the molecule is CC1(C)COc2cc(C3CNC3)ccc21.Cc1ccc(S(=O)(=O)O)cc1. The quantitative estimate of drug-likeness (QED) is 0.788. The number of hydrogen-bond donors (Lipinski definition) is 2. The van der Waals surface area contributed by atoms with Gasteiger partial charge in [-0.2, -0.15) is 8.42 Å². The van der Waals surface area contributed by atoms with Gasteiger partial charge in [-0.25, -0.2) is 0 Å². The molecule has 2 heterocycles. The Morgan fingerprint density at radius 1 is 1.12 bits per heavy atom. The lowest BCUT2D eigenvalue weighted by Gasteiger charge is -2.27. The second-order valence-corrected chi connectivity index (χ2v) is 8.99. The summed E-state index contributed by atoms with van der Waals surface area (Å²) >= 11 is 0. The van der Waals surface area contributed by atoms with E-state index >= 15 is 0 Å². The van der Waals surface area contributed by atoms with Crippen LogP contribution in [-0.4, -0.2) is 32.7 Å². The molecular weight excluding hydrogens is 350 g/mol. The van der Waals surface area contributed by atoms with Crippen LogP contribution < -0.4 is 10.1 Å². The van der Waals surface area contributed by atoms with Crippen LogP contribution in [0.1, 0.15) is 36.5 Å². The molecular formula is C20H25NO4S. The zero-order valence-corrected chi connectivity index (χ0v) is 16.1. The van der Waals surface area contributed by atoms with Crippen LogP contribution in [0.4, 0.5) is 0 Å². The maximum atomic E-state index is 10.5. The number of nitrogens with one attached hydrogen (secondary N) is 1. The number of fused-ring (bicyclic) bond motifs is 1. The average molecular weight is 375 g/mol. The molecule has 2 aliphatic heterocycles. The third-order valence-electron chi connectivity index (χ3n) is 4.90. The standard InChI is InChI=1S/C13H17NO.C7H8O3S/c1-13(2)8-15-12-5-9(3-4-11(12)13)10-6-14-7-10;1-6-2-4-7(5-3-6)11(8,9)10/h3-5,10,14H,6-8H2,1-2H3;2-5H,1H3,(H,8,9,10). The van der Waals surface area contributed by atoms with Crippen molar-refractivity contribution in [1.29, 1.82) is 0 Å². The molecule has 0 spiro atoms. The van der Waals surface area contributed by atoms with E-state index in [0.717, 1.165) is 31.0 Å². The highest BCUT2D eigenvalue weighted by atomic mass is 32.2. The summed E-state index contributed by atoms with van der Waals surface area (Å²) in [5, 5.41) is 3.30. The first-order chi connectivity index (χ1) is 12.2. The molecule has 0 aromatic heterocycles. The van der Waals surface area contributed by atoms with E-state index in [1.165, 1.54) is 23.3 Å². The molecule has 0 amide bonds. The Balaban J connectivity index is 0.000000160. The molecule has 2 N–H and O–H groups in total. The molecule has 2 aromatic rings. The van der Waals surface area contributed by atoms with E-state index < -0.39 is 10.1 Å². The van der Waals surface area contributed by atoms with E-state index in [0.29, 0.717) is 5.92 Å². The number of hydrogen-bond acceptors (Lipinski definition) is 4. The van der Waals surface area contributed by atoms with Gasteiger partial charge in [0.05, 0.1) is 11.5 Å². The van der Waals surface area contributed by atoms with E-state index in [4.69, 9.17) is 9.29 Å². The number of benzene rings is 2. The Morgan fingerprint density at radius 3 is 2.31 bits per heavy atom. The fraction of sp³-hybridized carbons (Fsp3) is 0.400. The van der Waals surface area contributed by atoms with E-state index in [9.17, 15) is 8.42 Å². The van der Waals surface area contributed by atoms with Crippen LogP contribution in [0.2, 0.25) is 0 Å². The first-order valence-corrected chi connectivity index (χ1v) is 10.1. The van der Waals surface area contributed by atoms with E-state index in [1.54, 1.807) is 12.1 Å². The molecule has 1 saturated heterocycles. The topological polar surface area (TPSA) is 75.6 Å². The molecule has 0 unspecified atom stereocenters. The first-order valence-electron chi connectivity index (χ1n) is 8.69. The predicted molar refractivity (Wildman–Crippen MR) is 102 cm³/mol. The van der Waals surface area contributed by atoms with Gasteiger partial charge in [-0.3, -0.25) is 4.55 Å². The lowest BCUT2D eigenvalue weighted by Crippen LogP contribution is -2.39. The maximum absolute atomic E-state index is 10.5. The third-order valence-corrected chi connectivity index (χ3v) is 5.76. The van der Waals surface area contributed by atoms with Crippen molar-refractivity contribution in [2.45, 2.75) is 37.0 Å². The monoisotopic (exact) mass is 375 g/mol. The van der Waals surface area contributed by atoms with Crippen LogP contribution in [0, 0.1) is 6.92 Å². The third kappa shape index (κ3) is 4.09. The summed E-state index contributed by atoms with van der Waals surface area (Å²) in [5.74, 6) is 1.80. The van der Waals surface area contributed by atoms with Gasteiger partial charge in [0.15, 0.2) is 0 Å². The largest absolute Gasteiger partial charge is 0.492 e. The number of ether oxygens (including phenoxy) is 1. The van der Waals surface area contributed by atoms with Crippen molar-refractivity contribution < 1.29 is 17.7 Å². The zero-order valence-electron chi connectivity index (χ0n) is 15.3. The smallest absolute Gasteiger partial charge is 0.294 e. The maximum Gasteiger partial charge on any atom is 0.294 e. The molecule has 0 bridgehead atoms. The van der Waals surface area contributed by atoms with Crippen molar-refractivity contribution in [2.24, 2.45) is 0 Å². The van der Waals surface area contributed by atoms with Crippen molar-refractivity contribution in [3.63, 3.8) is 0 Å². The summed E-state index contributed by atoms with van der Waals surface area (Å²) in [6, 6.07) is 12.7. The van der Waals surface area contributed by atoms with Crippen molar-refractivity contribution in [2.75, 3.05) is 19.7 Å². The van der Waals surface area contributed by atoms with Crippen LogP contribution in [0.5, 0.6) is 5.75 Å². The molecule has 5 nitrogen and oxygen atoms in total. The highest BCUT2D eigenvalue weighted by Gasteiger charge is 2.32. The lowest BCUT2D eigenvalue weighted by molar-refractivity contribution is 0.290. The van der Waals surface area contributed by atoms with Crippen LogP contribution in [0.25, 0.3) is 0 Å². The summed E-state index contributed by atoms with van der Waals surface area (Å²) in [4.78, 5) is -0.0666. The molecule has 2 aliphatic rings. The minimum Gasteiger partial charge on any atom is -0.492 e. The van der Waals surface area contributed by atoms with Gasteiger partial charge in [-0.15, -0.1) is 0 Å². The van der Waals surface area contributed by atoms with Gasteiger partial charge in [0.25, 0.3) is 10.1 Å². The Bertz CT molecular complexity index is 885. The highest BCUT2D eigenvalue weighted by molar-refractivity contribution is 7.85. The number of aryl methyl sites for hydroxylation is 1. The Morgan fingerprint density at radius 2 is 1.77 bits per heavy atom. The van der Waals surface area contributed by atoms with Gasteiger partial charge < -0.3 is 10.1 Å². The number of rotatable bonds is 2. The van der Waals surface area contributed by atoms with E-state index in [1.807, 2.05) is 6.92 Å². The normalized spacial score (nSPS) is 18.2. The fourth-order valence-corrected chi connectivity index (χ4v) is 3.52. The predicted octanol–water partition coefficient (Wildman–Crippen LogP) is 3.29. The van der Waals surface area contributed by atoms with Crippen LogP contribution in [0.15, 0.2) is 47.4 Å².